The number of thioether (sulfide) groups is 1. The average Bonchev–Trinajstić information content (AvgIpc) is 2.61. The molecule has 128 valence electrons. The lowest BCUT2D eigenvalue weighted by atomic mass is 10.1. The molecular formula is C18H20N6S. The van der Waals surface area contributed by atoms with E-state index in [1.165, 1.54) is 5.56 Å². The molecule has 7 heteroatoms. The number of para-hydroxylation sites is 1. The van der Waals surface area contributed by atoms with E-state index in [4.69, 9.17) is 5.73 Å². The lowest BCUT2D eigenvalue weighted by molar-refractivity contribution is 0.977. The molecule has 0 fully saturated rings. The summed E-state index contributed by atoms with van der Waals surface area (Å²) in [5.74, 6) is 1.86. The molecule has 0 saturated heterocycles. The number of rotatable bonds is 6. The average molecular weight is 352 g/mol. The van der Waals surface area contributed by atoms with Crippen LogP contribution >= 0.6 is 11.8 Å². The van der Waals surface area contributed by atoms with Crippen LogP contribution in [-0.2, 0) is 12.2 Å². The largest absolute Gasteiger partial charge is 0.368 e. The summed E-state index contributed by atoms with van der Waals surface area (Å²) in [6, 6.07) is 12.1. The van der Waals surface area contributed by atoms with Crippen molar-refractivity contribution in [1.82, 2.24) is 19.9 Å². The van der Waals surface area contributed by atoms with Gasteiger partial charge in [0.1, 0.15) is 5.82 Å². The number of anilines is 3. The zero-order valence-corrected chi connectivity index (χ0v) is 15.0. The topological polar surface area (TPSA) is 89.6 Å². The number of hydrogen-bond acceptors (Lipinski definition) is 7. The number of nitrogens with one attached hydrogen (secondary N) is 1. The fourth-order valence-electron chi connectivity index (χ4n) is 2.31. The van der Waals surface area contributed by atoms with E-state index < -0.39 is 0 Å². The maximum Gasteiger partial charge on any atom is 0.232 e. The van der Waals surface area contributed by atoms with Gasteiger partial charge in [0.25, 0.3) is 0 Å². The van der Waals surface area contributed by atoms with Gasteiger partial charge in [-0.1, -0.05) is 43.0 Å². The van der Waals surface area contributed by atoms with Crippen LogP contribution in [0.5, 0.6) is 0 Å². The third-order valence-electron chi connectivity index (χ3n) is 3.58. The highest BCUT2D eigenvalue weighted by Gasteiger charge is 2.08. The van der Waals surface area contributed by atoms with Crippen LogP contribution in [0.1, 0.15) is 23.9 Å². The van der Waals surface area contributed by atoms with E-state index >= 15 is 0 Å². The summed E-state index contributed by atoms with van der Waals surface area (Å²) < 4.78 is 0. The van der Waals surface area contributed by atoms with Gasteiger partial charge >= 0.3 is 0 Å². The zero-order valence-electron chi connectivity index (χ0n) is 14.2. The van der Waals surface area contributed by atoms with Crippen LogP contribution in [0.3, 0.4) is 0 Å². The summed E-state index contributed by atoms with van der Waals surface area (Å²) in [6.07, 6.45) is 2.77. The normalized spacial score (nSPS) is 10.6. The summed E-state index contributed by atoms with van der Waals surface area (Å²) in [7, 11) is 0. The Bertz CT molecular complexity index is 850. The number of hydrogen-bond donors (Lipinski definition) is 2. The van der Waals surface area contributed by atoms with E-state index in [0.717, 1.165) is 22.7 Å². The van der Waals surface area contributed by atoms with E-state index in [2.05, 4.69) is 38.2 Å². The molecule has 0 spiro atoms. The molecule has 0 amide bonds. The van der Waals surface area contributed by atoms with Gasteiger partial charge in [-0.15, -0.1) is 0 Å². The van der Waals surface area contributed by atoms with Crippen molar-refractivity contribution in [2.45, 2.75) is 31.0 Å². The van der Waals surface area contributed by atoms with Crippen molar-refractivity contribution in [3.05, 3.63) is 59.5 Å². The van der Waals surface area contributed by atoms with Crippen LogP contribution in [0.2, 0.25) is 0 Å². The molecule has 2 aromatic heterocycles. The van der Waals surface area contributed by atoms with Crippen LogP contribution in [0, 0.1) is 6.92 Å². The Morgan fingerprint density at radius 3 is 2.68 bits per heavy atom. The van der Waals surface area contributed by atoms with Crippen molar-refractivity contribution in [3.8, 4) is 0 Å². The highest BCUT2D eigenvalue weighted by Crippen LogP contribution is 2.22. The van der Waals surface area contributed by atoms with E-state index in [0.29, 0.717) is 17.5 Å². The molecule has 0 unspecified atom stereocenters. The van der Waals surface area contributed by atoms with E-state index in [9.17, 15) is 0 Å². The van der Waals surface area contributed by atoms with Crippen LogP contribution in [0.4, 0.5) is 17.6 Å². The Morgan fingerprint density at radius 1 is 1.08 bits per heavy atom. The van der Waals surface area contributed by atoms with Crippen molar-refractivity contribution in [2.75, 3.05) is 11.1 Å². The Morgan fingerprint density at radius 2 is 1.92 bits per heavy atom. The molecule has 6 nitrogen and oxygen atoms in total. The van der Waals surface area contributed by atoms with Gasteiger partial charge in [0.15, 0.2) is 0 Å². The van der Waals surface area contributed by atoms with Gasteiger partial charge in [0.05, 0.1) is 10.8 Å². The Hall–Kier alpha value is -2.67. The Balaban J connectivity index is 1.75. The van der Waals surface area contributed by atoms with Crippen molar-refractivity contribution in [2.24, 2.45) is 0 Å². The Kier molecular flexibility index (Phi) is 5.45. The summed E-state index contributed by atoms with van der Waals surface area (Å²) in [5.41, 5.74) is 9.16. The second kappa shape index (κ2) is 7.94. The molecule has 3 rings (SSSR count). The second-order valence-electron chi connectivity index (χ2n) is 5.53. The van der Waals surface area contributed by atoms with Gasteiger partial charge in [-0.3, -0.25) is 0 Å². The second-order valence-corrected chi connectivity index (χ2v) is 6.53. The molecule has 1 aromatic carbocycles. The van der Waals surface area contributed by atoms with E-state index in [1.54, 1.807) is 11.8 Å². The van der Waals surface area contributed by atoms with Crippen molar-refractivity contribution >= 4 is 29.3 Å². The van der Waals surface area contributed by atoms with Crippen molar-refractivity contribution in [1.29, 1.82) is 0 Å². The monoisotopic (exact) mass is 352 g/mol. The number of nitrogens with zero attached hydrogens (tertiary/aromatic N) is 4. The molecule has 2 heterocycles. The first kappa shape index (κ1) is 17.2. The Labute approximate surface area is 151 Å². The molecule has 3 aromatic rings. The molecule has 25 heavy (non-hydrogen) atoms. The number of benzene rings is 1. The fraction of sp³-hybridized carbons (Fsp3) is 0.222. The number of pyridine rings is 1. The quantitative estimate of drug-likeness (QED) is 0.653. The summed E-state index contributed by atoms with van der Waals surface area (Å²) in [5, 5.41) is 4.17. The van der Waals surface area contributed by atoms with Gasteiger partial charge in [-0.05, 0) is 36.6 Å². The molecule has 0 bridgehead atoms. The number of nitrogen functional groups attached to an aromatic ring is 1. The standard InChI is InChI=1S/C18H20N6S/c1-3-13-6-4-5-7-14(13)21-18-23-15(22-17(19)24-18)11-25-16-9-8-12(2)10-20-16/h4-10H,3,11H2,1-2H3,(H3,19,21,22,23,24). The van der Waals surface area contributed by atoms with Crippen molar-refractivity contribution < 1.29 is 0 Å². The predicted molar refractivity (Wildman–Crippen MR) is 102 cm³/mol. The number of aryl methyl sites for hydroxylation is 2. The fourth-order valence-corrected chi connectivity index (χ4v) is 3.01. The summed E-state index contributed by atoms with van der Waals surface area (Å²) in [4.78, 5) is 17.3. The SMILES string of the molecule is CCc1ccccc1Nc1nc(N)nc(CSc2ccc(C)cn2)n1. The molecule has 0 aliphatic rings. The van der Waals surface area contributed by atoms with Gasteiger partial charge in [-0.25, -0.2) is 4.98 Å². The molecular weight excluding hydrogens is 332 g/mol. The first-order chi connectivity index (χ1) is 12.1. The van der Waals surface area contributed by atoms with Gasteiger partial charge in [-0.2, -0.15) is 15.0 Å². The van der Waals surface area contributed by atoms with Crippen LogP contribution in [-0.4, -0.2) is 19.9 Å². The zero-order chi connectivity index (χ0) is 17.6. The lowest BCUT2D eigenvalue weighted by Gasteiger charge is -2.10. The van der Waals surface area contributed by atoms with E-state index in [1.807, 2.05) is 43.5 Å². The maximum absolute atomic E-state index is 5.85. The first-order valence-electron chi connectivity index (χ1n) is 8.05. The first-order valence-corrected chi connectivity index (χ1v) is 9.03. The minimum Gasteiger partial charge on any atom is -0.368 e. The molecule has 0 aliphatic heterocycles. The minimum atomic E-state index is 0.207. The number of aromatic nitrogens is 4. The highest BCUT2D eigenvalue weighted by atomic mass is 32.2. The predicted octanol–water partition coefficient (Wildman–Crippen LogP) is 3.76. The highest BCUT2D eigenvalue weighted by molar-refractivity contribution is 7.98. The molecule has 0 atom stereocenters. The lowest BCUT2D eigenvalue weighted by Crippen LogP contribution is -2.07. The van der Waals surface area contributed by atoms with Crippen LogP contribution < -0.4 is 11.1 Å². The van der Waals surface area contributed by atoms with Crippen LogP contribution in [0.25, 0.3) is 0 Å². The molecule has 0 saturated carbocycles. The molecule has 0 radical (unpaired) electrons. The maximum atomic E-state index is 5.85. The summed E-state index contributed by atoms with van der Waals surface area (Å²) in [6.45, 7) is 4.12. The minimum absolute atomic E-state index is 0.207. The van der Waals surface area contributed by atoms with Gasteiger partial charge in [0.2, 0.25) is 11.9 Å². The number of nitrogens with two attached hydrogens (primary N) is 1. The third-order valence-corrected chi connectivity index (χ3v) is 4.52. The summed E-state index contributed by atoms with van der Waals surface area (Å²) >= 11 is 1.57. The van der Waals surface area contributed by atoms with Crippen molar-refractivity contribution in [3.63, 3.8) is 0 Å². The van der Waals surface area contributed by atoms with Crippen LogP contribution in [0.15, 0.2) is 47.6 Å². The van der Waals surface area contributed by atoms with Gasteiger partial charge in [0, 0.05) is 11.9 Å². The van der Waals surface area contributed by atoms with Gasteiger partial charge < -0.3 is 11.1 Å². The third kappa shape index (κ3) is 4.67. The van der Waals surface area contributed by atoms with E-state index in [-0.39, 0.29) is 5.95 Å². The molecule has 0 aliphatic carbocycles. The molecule has 3 N–H and O–H groups in total. The smallest absolute Gasteiger partial charge is 0.232 e.